The van der Waals surface area contributed by atoms with Crippen LogP contribution in [-0.4, -0.2) is 54.5 Å². The van der Waals surface area contributed by atoms with Crippen molar-refractivity contribution in [3.8, 4) is 0 Å². The Morgan fingerprint density at radius 2 is 1.83 bits per heavy atom. The van der Waals surface area contributed by atoms with Gasteiger partial charge >= 0.3 is 0 Å². The van der Waals surface area contributed by atoms with E-state index in [2.05, 4.69) is 6.58 Å². The van der Waals surface area contributed by atoms with Gasteiger partial charge in [-0.05, 0) is 30.5 Å². The average molecular weight is 326 g/mol. The number of aryl methyl sites for hydroxylation is 2. The molecule has 0 unspecified atom stereocenters. The molecule has 0 aromatic heterocycles. The van der Waals surface area contributed by atoms with E-state index < -0.39 is 0 Å². The fourth-order valence-corrected chi connectivity index (χ4v) is 3.10. The standard InChI is InChI=1S/C19H22N2O3/c1-4-7-21-18(22)16(15-6-5-13(2)14(3)12-15)17(19(21)23)20-8-10-24-11-9-20/h4-6,12H,1,7-11H2,2-3H3. The number of imide groups is 1. The Kier molecular flexibility index (Phi) is 4.53. The zero-order chi connectivity index (χ0) is 17.3. The summed E-state index contributed by atoms with van der Waals surface area (Å²) in [5, 5.41) is 0. The molecule has 2 heterocycles. The third-order valence-corrected chi connectivity index (χ3v) is 4.58. The smallest absolute Gasteiger partial charge is 0.278 e. The Morgan fingerprint density at radius 1 is 1.12 bits per heavy atom. The van der Waals surface area contributed by atoms with Crippen molar-refractivity contribution in [2.75, 3.05) is 32.8 Å². The van der Waals surface area contributed by atoms with Crippen LogP contribution in [0, 0.1) is 13.8 Å². The molecule has 0 aliphatic carbocycles. The number of hydrogen-bond donors (Lipinski definition) is 0. The van der Waals surface area contributed by atoms with Crippen LogP contribution in [0.2, 0.25) is 0 Å². The zero-order valence-corrected chi connectivity index (χ0v) is 14.2. The Morgan fingerprint density at radius 3 is 2.46 bits per heavy atom. The number of benzene rings is 1. The maximum atomic E-state index is 12.9. The van der Waals surface area contributed by atoms with Crippen LogP contribution in [0.1, 0.15) is 16.7 Å². The summed E-state index contributed by atoms with van der Waals surface area (Å²) >= 11 is 0. The number of carbonyl (C=O) groups excluding carboxylic acids is 2. The highest BCUT2D eigenvalue weighted by atomic mass is 16.5. The second-order valence-corrected chi connectivity index (χ2v) is 6.13. The molecular formula is C19H22N2O3. The highest BCUT2D eigenvalue weighted by Gasteiger charge is 2.41. The van der Waals surface area contributed by atoms with Gasteiger partial charge in [-0.15, -0.1) is 6.58 Å². The largest absolute Gasteiger partial charge is 0.378 e. The highest BCUT2D eigenvalue weighted by molar-refractivity contribution is 6.35. The number of morpholine rings is 1. The molecule has 5 heteroatoms. The Hall–Kier alpha value is -2.40. The van der Waals surface area contributed by atoms with E-state index in [9.17, 15) is 9.59 Å². The quantitative estimate of drug-likeness (QED) is 0.626. The molecule has 0 bridgehead atoms. The van der Waals surface area contributed by atoms with E-state index in [1.165, 1.54) is 4.90 Å². The first-order valence-corrected chi connectivity index (χ1v) is 8.16. The van der Waals surface area contributed by atoms with E-state index >= 15 is 0 Å². The molecule has 3 rings (SSSR count). The number of amides is 2. The lowest BCUT2D eigenvalue weighted by Gasteiger charge is -2.29. The van der Waals surface area contributed by atoms with Gasteiger partial charge in [-0.25, -0.2) is 0 Å². The summed E-state index contributed by atoms with van der Waals surface area (Å²) in [5.41, 5.74) is 4.04. The van der Waals surface area contributed by atoms with Crippen LogP contribution in [0.25, 0.3) is 5.57 Å². The van der Waals surface area contributed by atoms with Crippen LogP contribution in [0.4, 0.5) is 0 Å². The monoisotopic (exact) mass is 326 g/mol. The maximum absolute atomic E-state index is 12.9. The van der Waals surface area contributed by atoms with E-state index in [1.54, 1.807) is 6.08 Å². The molecule has 0 atom stereocenters. The molecule has 126 valence electrons. The first-order chi connectivity index (χ1) is 11.5. The first-order valence-electron chi connectivity index (χ1n) is 8.16. The van der Waals surface area contributed by atoms with Gasteiger partial charge in [0.2, 0.25) is 0 Å². The molecule has 1 fully saturated rings. The number of ether oxygens (including phenoxy) is 1. The molecule has 2 aliphatic rings. The van der Waals surface area contributed by atoms with Gasteiger partial charge in [-0.3, -0.25) is 14.5 Å². The predicted octanol–water partition coefficient (Wildman–Crippen LogP) is 1.90. The zero-order valence-electron chi connectivity index (χ0n) is 14.2. The normalized spacial score (nSPS) is 18.6. The van der Waals surface area contributed by atoms with Crippen molar-refractivity contribution in [3.05, 3.63) is 53.2 Å². The number of nitrogens with zero attached hydrogens (tertiary/aromatic N) is 2. The van der Waals surface area contributed by atoms with E-state index in [-0.39, 0.29) is 18.4 Å². The fraction of sp³-hybridized carbons (Fsp3) is 0.368. The van der Waals surface area contributed by atoms with Crippen LogP contribution in [0.15, 0.2) is 36.6 Å². The molecule has 1 aromatic carbocycles. The molecule has 5 nitrogen and oxygen atoms in total. The molecule has 1 saturated heterocycles. The summed E-state index contributed by atoms with van der Waals surface area (Å²) in [6, 6.07) is 5.89. The molecule has 2 amide bonds. The van der Waals surface area contributed by atoms with Crippen molar-refractivity contribution >= 4 is 17.4 Å². The van der Waals surface area contributed by atoms with Crippen LogP contribution in [0.3, 0.4) is 0 Å². The van der Waals surface area contributed by atoms with Crippen LogP contribution >= 0.6 is 0 Å². The molecule has 2 aliphatic heterocycles. The average Bonchev–Trinajstić information content (AvgIpc) is 2.83. The van der Waals surface area contributed by atoms with Crippen molar-refractivity contribution in [2.24, 2.45) is 0 Å². The van der Waals surface area contributed by atoms with Gasteiger partial charge in [0.1, 0.15) is 5.70 Å². The minimum Gasteiger partial charge on any atom is -0.378 e. The summed E-state index contributed by atoms with van der Waals surface area (Å²) in [6.45, 7) is 10.3. The van der Waals surface area contributed by atoms with Crippen LogP contribution in [0.5, 0.6) is 0 Å². The minimum absolute atomic E-state index is 0.222. The third kappa shape index (κ3) is 2.76. The van der Waals surface area contributed by atoms with Crippen LogP contribution in [-0.2, 0) is 14.3 Å². The minimum atomic E-state index is -0.246. The van der Waals surface area contributed by atoms with Crippen molar-refractivity contribution < 1.29 is 14.3 Å². The van der Waals surface area contributed by atoms with E-state index in [4.69, 9.17) is 4.74 Å². The van der Waals surface area contributed by atoms with E-state index in [1.807, 2.05) is 36.9 Å². The molecule has 0 N–H and O–H groups in total. The van der Waals surface area contributed by atoms with Gasteiger partial charge in [0.05, 0.1) is 18.8 Å². The molecule has 24 heavy (non-hydrogen) atoms. The first kappa shape index (κ1) is 16.5. The predicted molar refractivity (Wildman–Crippen MR) is 92.1 cm³/mol. The van der Waals surface area contributed by atoms with Gasteiger partial charge in [0.15, 0.2) is 0 Å². The maximum Gasteiger partial charge on any atom is 0.278 e. The van der Waals surface area contributed by atoms with Gasteiger partial charge in [-0.2, -0.15) is 0 Å². The summed E-state index contributed by atoms with van der Waals surface area (Å²) in [7, 11) is 0. The van der Waals surface area contributed by atoms with Gasteiger partial charge in [-0.1, -0.05) is 24.3 Å². The molecule has 0 saturated carbocycles. The highest BCUT2D eigenvalue weighted by Crippen LogP contribution is 2.32. The van der Waals surface area contributed by atoms with Gasteiger partial charge in [0, 0.05) is 19.6 Å². The van der Waals surface area contributed by atoms with Gasteiger partial charge in [0.25, 0.3) is 11.8 Å². The van der Waals surface area contributed by atoms with Crippen molar-refractivity contribution in [3.63, 3.8) is 0 Å². The van der Waals surface area contributed by atoms with Crippen LogP contribution < -0.4 is 0 Å². The summed E-state index contributed by atoms with van der Waals surface area (Å²) in [5.74, 6) is -0.486. The Balaban J connectivity index is 2.11. The lowest BCUT2D eigenvalue weighted by Crippen LogP contribution is -2.40. The fourth-order valence-electron chi connectivity index (χ4n) is 3.10. The topological polar surface area (TPSA) is 49.9 Å². The lowest BCUT2D eigenvalue weighted by atomic mass is 9.99. The van der Waals surface area contributed by atoms with Crippen molar-refractivity contribution in [1.29, 1.82) is 0 Å². The Labute approximate surface area is 142 Å². The Bertz CT molecular complexity index is 730. The second-order valence-electron chi connectivity index (χ2n) is 6.13. The molecular weight excluding hydrogens is 304 g/mol. The second kappa shape index (κ2) is 6.61. The summed E-state index contributed by atoms with van der Waals surface area (Å²) in [6.07, 6.45) is 1.58. The van der Waals surface area contributed by atoms with E-state index in [0.29, 0.717) is 37.6 Å². The number of rotatable bonds is 4. The van der Waals surface area contributed by atoms with Crippen molar-refractivity contribution in [1.82, 2.24) is 9.80 Å². The summed E-state index contributed by atoms with van der Waals surface area (Å²) < 4.78 is 5.38. The lowest BCUT2D eigenvalue weighted by molar-refractivity contribution is -0.137. The number of carbonyl (C=O) groups is 2. The number of hydrogen-bond acceptors (Lipinski definition) is 4. The van der Waals surface area contributed by atoms with Gasteiger partial charge < -0.3 is 9.64 Å². The molecule has 0 radical (unpaired) electrons. The van der Waals surface area contributed by atoms with E-state index in [0.717, 1.165) is 16.7 Å². The molecule has 0 spiro atoms. The summed E-state index contributed by atoms with van der Waals surface area (Å²) in [4.78, 5) is 29.0. The SMILES string of the molecule is C=CCN1C(=O)C(c2ccc(C)c(C)c2)=C(N2CCOCC2)C1=O. The van der Waals surface area contributed by atoms with Crippen molar-refractivity contribution in [2.45, 2.75) is 13.8 Å². The molecule has 1 aromatic rings. The third-order valence-electron chi connectivity index (χ3n) is 4.58.